The van der Waals surface area contributed by atoms with E-state index in [2.05, 4.69) is 20.3 Å². The molecule has 0 unspecified atom stereocenters. The zero-order valence-corrected chi connectivity index (χ0v) is 10.3. The molecule has 0 fully saturated rings. The van der Waals surface area contributed by atoms with E-state index in [1.165, 1.54) is 0 Å². The quantitative estimate of drug-likeness (QED) is 0.764. The van der Waals surface area contributed by atoms with Gasteiger partial charge >= 0.3 is 0 Å². The van der Waals surface area contributed by atoms with Gasteiger partial charge in [-0.1, -0.05) is 18.2 Å². The Balaban J connectivity index is 2.18. The number of hydrogen-bond acceptors (Lipinski definition) is 4. The Morgan fingerprint density at radius 2 is 2.05 bits per heavy atom. The first-order valence-electron chi connectivity index (χ1n) is 5.83. The van der Waals surface area contributed by atoms with Crippen LogP contribution in [0.25, 0.3) is 22.2 Å². The number of halogens is 1. The van der Waals surface area contributed by atoms with Crippen molar-refractivity contribution >= 4 is 16.9 Å². The summed E-state index contributed by atoms with van der Waals surface area (Å²) in [6.45, 7) is 0. The lowest BCUT2D eigenvalue weighted by atomic mass is 10.1. The molecule has 0 aliphatic heterocycles. The van der Waals surface area contributed by atoms with Crippen LogP contribution in [0, 0.1) is 5.82 Å². The van der Waals surface area contributed by atoms with Gasteiger partial charge in [-0.25, -0.2) is 14.4 Å². The molecule has 5 heteroatoms. The number of aromatic nitrogens is 3. The van der Waals surface area contributed by atoms with Crippen molar-refractivity contribution in [3.05, 3.63) is 48.5 Å². The smallest absolute Gasteiger partial charge is 0.223 e. The third-order valence-corrected chi connectivity index (χ3v) is 2.85. The van der Waals surface area contributed by atoms with E-state index in [1.54, 1.807) is 13.2 Å². The number of hydrogen-bond donors (Lipinski definition) is 1. The van der Waals surface area contributed by atoms with Gasteiger partial charge in [-0.15, -0.1) is 0 Å². The summed E-state index contributed by atoms with van der Waals surface area (Å²) < 4.78 is 13.8. The van der Waals surface area contributed by atoms with Crippen molar-refractivity contribution in [1.82, 2.24) is 15.0 Å². The molecule has 19 heavy (non-hydrogen) atoms. The van der Waals surface area contributed by atoms with Crippen LogP contribution in [0.5, 0.6) is 0 Å². The lowest BCUT2D eigenvalue weighted by molar-refractivity contribution is 0.619. The summed E-state index contributed by atoms with van der Waals surface area (Å²) in [5, 5.41) is 3.81. The van der Waals surface area contributed by atoms with Crippen LogP contribution in [0.2, 0.25) is 0 Å². The molecule has 3 rings (SSSR count). The molecule has 2 heterocycles. The zero-order chi connectivity index (χ0) is 13.2. The standard InChI is InChI=1S/C14H11FN4/c1-16-14-18-8-11(15)13(19-14)10-5-4-9-3-2-6-17-12(9)7-10/h2-8H,1H3,(H,16,18,19). The highest BCUT2D eigenvalue weighted by Gasteiger charge is 2.09. The van der Waals surface area contributed by atoms with Gasteiger partial charge in [-0.05, 0) is 12.1 Å². The fourth-order valence-electron chi connectivity index (χ4n) is 1.90. The molecule has 0 bridgehead atoms. The van der Waals surface area contributed by atoms with Crippen LogP contribution in [-0.2, 0) is 0 Å². The van der Waals surface area contributed by atoms with Crippen LogP contribution in [0.3, 0.4) is 0 Å². The fraction of sp³-hybridized carbons (Fsp3) is 0.0714. The number of rotatable bonds is 2. The molecule has 0 aliphatic carbocycles. The average molecular weight is 254 g/mol. The predicted molar refractivity (Wildman–Crippen MR) is 72.3 cm³/mol. The monoisotopic (exact) mass is 254 g/mol. The number of pyridine rings is 1. The largest absolute Gasteiger partial charge is 0.357 e. The second-order valence-electron chi connectivity index (χ2n) is 4.05. The predicted octanol–water partition coefficient (Wildman–Crippen LogP) is 2.87. The maximum atomic E-state index is 13.8. The minimum Gasteiger partial charge on any atom is -0.357 e. The van der Waals surface area contributed by atoms with E-state index in [0.717, 1.165) is 17.1 Å². The van der Waals surface area contributed by atoms with Crippen LogP contribution in [-0.4, -0.2) is 22.0 Å². The van der Waals surface area contributed by atoms with Gasteiger partial charge in [-0.2, -0.15) is 0 Å². The molecule has 1 N–H and O–H groups in total. The molecule has 2 aromatic heterocycles. The number of nitrogens with zero attached hydrogens (tertiary/aromatic N) is 3. The maximum absolute atomic E-state index is 13.8. The highest BCUT2D eigenvalue weighted by Crippen LogP contribution is 2.24. The highest BCUT2D eigenvalue weighted by atomic mass is 19.1. The van der Waals surface area contributed by atoms with Crippen LogP contribution in [0.4, 0.5) is 10.3 Å². The van der Waals surface area contributed by atoms with Gasteiger partial charge < -0.3 is 5.32 Å². The van der Waals surface area contributed by atoms with Crippen molar-refractivity contribution in [2.45, 2.75) is 0 Å². The molecule has 0 aliphatic rings. The highest BCUT2D eigenvalue weighted by molar-refractivity contribution is 5.83. The first kappa shape index (κ1) is 11.5. The van der Waals surface area contributed by atoms with Crippen molar-refractivity contribution in [1.29, 1.82) is 0 Å². The van der Waals surface area contributed by atoms with Gasteiger partial charge in [0.15, 0.2) is 5.82 Å². The third-order valence-electron chi connectivity index (χ3n) is 2.85. The van der Waals surface area contributed by atoms with E-state index in [-0.39, 0.29) is 5.69 Å². The molecular formula is C14H11FN4. The molecule has 0 saturated heterocycles. The molecule has 94 valence electrons. The zero-order valence-electron chi connectivity index (χ0n) is 10.3. The van der Waals surface area contributed by atoms with Crippen LogP contribution in [0.1, 0.15) is 0 Å². The van der Waals surface area contributed by atoms with Crippen LogP contribution in [0.15, 0.2) is 42.7 Å². The van der Waals surface area contributed by atoms with Gasteiger partial charge in [-0.3, -0.25) is 4.98 Å². The third kappa shape index (κ3) is 2.10. The Bertz CT molecular complexity index is 742. The van der Waals surface area contributed by atoms with Crippen molar-refractivity contribution < 1.29 is 4.39 Å². The summed E-state index contributed by atoms with van der Waals surface area (Å²) in [4.78, 5) is 12.2. The maximum Gasteiger partial charge on any atom is 0.223 e. The molecular weight excluding hydrogens is 243 g/mol. The van der Waals surface area contributed by atoms with Gasteiger partial charge in [0.05, 0.1) is 11.7 Å². The molecule has 1 aromatic carbocycles. The first-order chi connectivity index (χ1) is 9.28. The number of benzene rings is 1. The molecule has 0 saturated carbocycles. The van der Waals surface area contributed by atoms with Gasteiger partial charge in [0.2, 0.25) is 5.95 Å². The normalized spacial score (nSPS) is 10.6. The molecule has 0 amide bonds. The second kappa shape index (κ2) is 4.61. The second-order valence-corrected chi connectivity index (χ2v) is 4.05. The molecule has 4 nitrogen and oxygen atoms in total. The minimum absolute atomic E-state index is 0.270. The van der Waals surface area contributed by atoms with E-state index in [4.69, 9.17) is 0 Å². The van der Waals surface area contributed by atoms with E-state index < -0.39 is 5.82 Å². The molecule has 0 spiro atoms. The lowest BCUT2D eigenvalue weighted by Crippen LogP contribution is -1.99. The van der Waals surface area contributed by atoms with Crippen LogP contribution >= 0.6 is 0 Å². The Hall–Kier alpha value is -2.56. The first-order valence-corrected chi connectivity index (χ1v) is 5.83. The summed E-state index contributed by atoms with van der Waals surface area (Å²) in [7, 11) is 1.69. The summed E-state index contributed by atoms with van der Waals surface area (Å²) >= 11 is 0. The summed E-state index contributed by atoms with van der Waals surface area (Å²) in [6, 6.07) is 9.38. The summed E-state index contributed by atoms with van der Waals surface area (Å²) in [5.41, 5.74) is 1.76. The van der Waals surface area contributed by atoms with Gasteiger partial charge in [0.1, 0.15) is 5.69 Å². The van der Waals surface area contributed by atoms with E-state index in [0.29, 0.717) is 11.5 Å². The lowest BCUT2D eigenvalue weighted by Gasteiger charge is -2.06. The Morgan fingerprint density at radius 1 is 1.16 bits per heavy atom. The molecule has 0 radical (unpaired) electrons. The molecule has 0 atom stereocenters. The van der Waals surface area contributed by atoms with E-state index in [1.807, 2.05) is 30.3 Å². The molecule has 3 aromatic rings. The SMILES string of the molecule is CNc1ncc(F)c(-c2ccc3cccnc3c2)n1. The Morgan fingerprint density at radius 3 is 2.89 bits per heavy atom. The fourth-order valence-corrected chi connectivity index (χ4v) is 1.90. The summed E-state index contributed by atoms with van der Waals surface area (Å²) in [5.74, 6) is -0.0631. The Labute approximate surface area is 109 Å². The number of fused-ring (bicyclic) bond motifs is 1. The summed E-state index contributed by atoms with van der Waals surface area (Å²) in [6.07, 6.45) is 2.87. The van der Waals surface area contributed by atoms with Crippen LogP contribution < -0.4 is 5.32 Å². The van der Waals surface area contributed by atoms with Crippen molar-refractivity contribution in [3.63, 3.8) is 0 Å². The van der Waals surface area contributed by atoms with E-state index in [9.17, 15) is 4.39 Å². The number of nitrogens with one attached hydrogen (secondary N) is 1. The van der Waals surface area contributed by atoms with Crippen molar-refractivity contribution in [2.24, 2.45) is 0 Å². The topological polar surface area (TPSA) is 50.7 Å². The minimum atomic E-state index is -0.450. The van der Waals surface area contributed by atoms with E-state index >= 15 is 0 Å². The van der Waals surface area contributed by atoms with Gasteiger partial charge in [0, 0.05) is 24.2 Å². The van der Waals surface area contributed by atoms with Crippen molar-refractivity contribution in [2.75, 3.05) is 12.4 Å². The average Bonchev–Trinajstić information content (AvgIpc) is 2.47. The number of anilines is 1. The van der Waals surface area contributed by atoms with Gasteiger partial charge in [0.25, 0.3) is 0 Å². The Kier molecular flexibility index (Phi) is 2.79. The van der Waals surface area contributed by atoms with Crippen molar-refractivity contribution in [3.8, 4) is 11.3 Å².